The number of hydrogen-bond donors (Lipinski definition) is 2. The lowest BCUT2D eigenvalue weighted by atomic mass is 9.86. The highest BCUT2D eigenvalue weighted by Crippen LogP contribution is 2.27. The molecular weight excluding hydrogens is 348 g/mol. The van der Waals surface area contributed by atoms with E-state index in [4.69, 9.17) is 0 Å². The van der Waals surface area contributed by atoms with Crippen molar-refractivity contribution in [3.8, 4) is 0 Å². The van der Waals surface area contributed by atoms with Gasteiger partial charge < -0.3 is 5.32 Å². The number of anilines is 1. The molecule has 1 aliphatic rings. The van der Waals surface area contributed by atoms with Gasteiger partial charge in [-0.3, -0.25) is 4.79 Å². The lowest BCUT2D eigenvalue weighted by Crippen LogP contribution is -2.25. The Hall–Kier alpha value is -1.66. The van der Waals surface area contributed by atoms with Crippen molar-refractivity contribution in [2.45, 2.75) is 57.1 Å². The van der Waals surface area contributed by atoms with Crippen molar-refractivity contribution < 1.29 is 13.2 Å². The van der Waals surface area contributed by atoms with Gasteiger partial charge in [-0.25, -0.2) is 13.1 Å². The third-order valence-electron chi connectivity index (χ3n) is 4.78. The second-order valence-electron chi connectivity index (χ2n) is 7.04. The van der Waals surface area contributed by atoms with E-state index in [0.717, 1.165) is 18.8 Å². The fourth-order valence-electron chi connectivity index (χ4n) is 3.39. The summed E-state index contributed by atoms with van der Waals surface area (Å²) in [6, 6.07) is 6.95. The molecule has 1 aliphatic carbocycles. The van der Waals surface area contributed by atoms with Gasteiger partial charge in [-0.1, -0.05) is 50.3 Å². The molecule has 1 aromatic rings. The van der Waals surface area contributed by atoms with Crippen LogP contribution in [0.2, 0.25) is 0 Å². The monoisotopic (exact) mass is 378 g/mol. The lowest BCUT2D eigenvalue weighted by Gasteiger charge is -2.21. The van der Waals surface area contributed by atoms with Crippen LogP contribution < -0.4 is 10.0 Å². The Morgan fingerprint density at radius 3 is 2.50 bits per heavy atom. The van der Waals surface area contributed by atoms with E-state index in [-0.39, 0.29) is 18.2 Å². The number of nitrogens with one attached hydrogen (secondary N) is 2. The number of sulfonamides is 1. The van der Waals surface area contributed by atoms with Gasteiger partial charge in [-0.15, -0.1) is 6.58 Å². The normalized spacial score (nSPS) is 15.5. The highest BCUT2D eigenvalue weighted by atomic mass is 32.2. The first-order chi connectivity index (χ1) is 12.5. The van der Waals surface area contributed by atoms with Crippen molar-refractivity contribution in [1.29, 1.82) is 0 Å². The zero-order valence-electron chi connectivity index (χ0n) is 15.4. The fraction of sp³-hybridized carbons (Fsp3) is 0.550. The summed E-state index contributed by atoms with van der Waals surface area (Å²) in [7, 11) is -3.36. The quantitative estimate of drug-likeness (QED) is 0.605. The molecular formula is C20H30N2O3S. The van der Waals surface area contributed by atoms with Crippen LogP contribution >= 0.6 is 0 Å². The molecule has 5 nitrogen and oxygen atoms in total. The van der Waals surface area contributed by atoms with Crippen molar-refractivity contribution in [2.75, 3.05) is 11.9 Å². The van der Waals surface area contributed by atoms with Gasteiger partial charge in [0.25, 0.3) is 0 Å². The zero-order chi connectivity index (χ0) is 18.8. The van der Waals surface area contributed by atoms with E-state index in [9.17, 15) is 13.2 Å². The zero-order valence-corrected chi connectivity index (χ0v) is 16.2. The Bertz CT molecular complexity index is 678. The molecule has 0 heterocycles. The van der Waals surface area contributed by atoms with Crippen molar-refractivity contribution in [3.63, 3.8) is 0 Å². The van der Waals surface area contributed by atoms with E-state index in [0.29, 0.717) is 17.7 Å². The molecule has 1 saturated carbocycles. The first-order valence-electron chi connectivity index (χ1n) is 9.45. The van der Waals surface area contributed by atoms with Crippen LogP contribution in [-0.2, 0) is 20.6 Å². The minimum Gasteiger partial charge on any atom is -0.326 e. The van der Waals surface area contributed by atoms with Gasteiger partial charge in [0.15, 0.2) is 0 Å². The number of rotatable bonds is 10. The molecule has 1 amide bonds. The molecule has 0 aliphatic heterocycles. The topological polar surface area (TPSA) is 75.3 Å². The van der Waals surface area contributed by atoms with E-state index >= 15 is 0 Å². The van der Waals surface area contributed by atoms with Crippen LogP contribution in [0.25, 0.3) is 0 Å². The largest absolute Gasteiger partial charge is 0.326 e. The van der Waals surface area contributed by atoms with E-state index in [2.05, 4.69) is 16.6 Å². The summed E-state index contributed by atoms with van der Waals surface area (Å²) >= 11 is 0. The summed E-state index contributed by atoms with van der Waals surface area (Å²) in [4.78, 5) is 12.1. The highest BCUT2D eigenvalue weighted by Gasteiger charge is 2.14. The molecule has 2 N–H and O–H groups in total. The molecule has 0 radical (unpaired) electrons. The maximum Gasteiger partial charge on any atom is 0.224 e. The van der Waals surface area contributed by atoms with Gasteiger partial charge in [-0.2, -0.15) is 0 Å². The molecule has 0 atom stereocenters. The number of carbonyl (C=O) groups is 1. The minimum atomic E-state index is -3.36. The maximum atomic E-state index is 12.1. The number of benzene rings is 1. The van der Waals surface area contributed by atoms with Gasteiger partial charge in [0.1, 0.15) is 0 Å². The summed E-state index contributed by atoms with van der Waals surface area (Å²) < 4.78 is 26.1. The van der Waals surface area contributed by atoms with E-state index in [1.807, 2.05) is 0 Å². The second-order valence-corrected chi connectivity index (χ2v) is 8.84. The molecule has 0 unspecified atom stereocenters. The molecule has 26 heavy (non-hydrogen) atoms. The summed E-state index contributed by atoms with van der Waals surface area (Å²) in [5.74, 6) is 0.734. The molecule has 0 spiro atoms. The first kappa shape index (κ1) is 20.6. The van der Waals surface area contributed by atoms with Crippen LogP contribution in [0.1, 0.15) is 56.9 Å². The number of hydrogen-bond acceptors (Lipinski definition) is 3. The van der Waals surface area contributed by atoms with Crippen LogP contribution in [0.5, 0.6) is 0 Å². The van der Waals surface area contributed by atoms with Gasteiger partial charge in [-0.05, 0) is 36.5 Å². The van der Waals surface area contributed by atoms with Gasteiger partial charge in [0.2, 0.25) is 15.9 Å². The van der Waals surface area contributed by atoms with Gasteiger partial charge >= 0.3 is 0 Å². The Morgan fingerprint density at radius 2 is 1.85 bits per heavy atom. The minimum absolute atomic E-state index is 0.0221. The third kappa shape index (κ3) is 7.70. The summed E-state index contributed by atoms with van der Waals surface area (Å²) in [6.07, 6.45) is 10.8. The first-order valence-corrected chi connectivity index (χ1v) is 11.1. The molecule has 144 valence electrons. The van der Waals surface area contributed by atoms with E-state index < -0.39 is 10.0 Å². The Labute approximate surface area is 157 Å². The van der Waals surface area contributed by atoms with Crippen LogP contribution in [0.4, 0.5) is 5.69 Å². The van der Waals surface area contributed by atoms with Crippen molar-refractivity contribution >= 4 is 21.6 Å². The molecule has 2 rings (SSSR count). The Balaban J connectivity index is 1.73. The van der Waals surface area contributed by atoms with Crippen LogP contribution in [-0.4, -0.2) is 20.9 Å². The van der Waals surface area contributed by atoms with Crippen LogP contribution in [0, 0.1) is 5.92 Å². The molecule has 0 aromatic heterocycles. The second kappa shape index (κ2) is 10.5. The maximum absolute atomic E-state index is 12.1. The number of amides is 1. The predicted octanol–water partition coefficient (Wildman–Crippen LogP) is 3.98. The fourth-order valence-corrected chi connectivity index (χ4v) is 4.50. The van der Waals surface area contributed by atoms with Gasteiger partial charge in [0, 0.05) is 18.7 Å². The summed E-state index contributed by atoms with van der Waals surface area (Å²) in [5, 5.41) is 2.89. The average molecular weight is 379 g/mol. The molecule has 1 fully saturated rings. The summed E-state index contributed by atoms with van der Waals surface area (Å²) in [6.45, 7) is 3.71. The molecule has 6 heteroatoms. The third-order valence-corrected chi connectivity index (χ3v) is 6.10. The van der Waals surface area contributed by atoms with Crippen molar-refractivity contribution in [3.05, 3.63) is 42.5 Å². The molecule has 1 aromatic carbocycles. The Kier molecular flexibility index (Phi) is 8.32. The molecule has 0 bridgehead atoms. The standard InChI is InChI=1S/C20H30N2O3S/c1-2-15-21-26(24,25)16-18-11-13-19(14-12-18)22-20(23)10-6-9-17-7-4-3-5-8-17/h2,11-14,17,21H,1,3-10,15-16H2,(H,22,23). The predicted molar refractivity (Wildman–Crippen MR) is 106 cm³/mol. The lowest BCUT2D eigenvalue weighted by molar-refractivity contribution is -0.116. The van der Waals surface area contributed by atoms with E-state index in [1.54, 1.807) is 24.3 Å². The van der Waals surface area contributed by atoms with Crippen LogP contribution in [0.3, 0.4) is 0 Å². The van der Waals surface area contributed by atoms with Crippen molar-refractivity contribution in [1.82, 2.24) is 4.72 Å². The average Bonchev–Trinajstić information content (AvgIpc) is 2.62. The highest BCUT2D eigenvalue weighted by molar-refractivity contribution is 7.88. The smallest absolute Gasteiger partial charge is 0.224 e. The SMILES string of the molecule is C=CCNS(=O)(=O)Cc1ccc(NC(=O)CCCC2CCCCC2)cc1. The van der Waals surface area contributed by atoms with E-state index in [1.165, 1.54) is 38.2 Å². The number of carbonyl (C=O) groups excluding carboxylic acids is 1. The Morgan fingerprint density at radius 1 is 1.15 bits per heavy atom. The van der Waals surface area contributed by atoms with Crippen LogP contribution in [0.15, 0.2) is 36.9 Å². The van der Waals surface area contributed by atoms with Crippen molar-refractivity contribution in [2.24, 2.45) is 5.92 Å². The molecule has 0 saturated heterocycles. The van der Waals surface area contributed by atoms with Gasteiger partial charge in [0.05, 0.1) is 5.75 Å². The summed E-state index contributed by atoms with van der Waals surface area (Å²) in [5.41, 5.74) is 1.38.